The van der Waals surface area contributed by atoms with Crippen LogP contribution in [0, 0.1) is 5.41 Å². The summed E-state index contributed by atoms with van der Waals surface area (Å²) in [5, 5.41) is 13.3. The maximum absolute atomic E-state index is 12.4. The van der Waals surface area contributed by atoms with Crippen molar-refractivity contribution in [3.63, 3.8) is 0 Å². The van der Waals surface area contributed by atoms with Crippen LogP contribution in [0.1, 0.15) is 23.0 Å². The van der Waals surface area contributed by atoms with Crippen LogP contribution in [0.15, 0.2) is 62.7 Å². The number of aliphatic imine (C=N–C) groups is 1. The van der Waals surface area contributed by atoms with Crippen molar-refractivity contribution in [1.29, 1.82) is 5.41 Å². The number of carbonyl (C=O) groups excluding carboxylic acids is 2. The molecule has 3 heterocycles. The molecule has 0 spiro atoms. The molecule has 1 aromatic carbocycles. The van der Waals surface area contributed by atoms with Crippen LogP contribution < -0.4 is 4.74 Å². The second-order valence-electron chi connectivity index (χ2n) is 6.23. The zero-order chi connectivity index (χ0) is 22.2. The third kappa shape index (κ3) is 4.07. The highest BCUT2D eigenvalue weighted by atomic mass is 32.3. The molecule has 0 saturated heterocycles. The van der Waals surface area contributed by atoms with E-state index in [1.807, 2.05) is 0 Å². The number of hydrogen-bond donors (Lipinski definition) is 1. The van der Waals surface area contributed by atoms with Crippen molar-refractivity contribution < 1.29 is 27.2 Å². The van der Waals surface area contributed by atoms with Gasteiger partial charge >= 0.3 is 5.97 Å². The van der Waals surface area contributed by atoms with Gasteiger partial charge in [-0.2, -0.15) is 10.0 Å². The van der Waals surface area contributed by atoms with Crippen LogP contribution in [-0.4, -0.2) is 46.4 Å². The molecule has 1 N–H and O–H groups in total. The van der Waals surface area contributed by atoms with Crippen molar-refractivity contribution in [3.05, 3.63) is 59.6 Å². The lowest BCUT2D eigenvalue weighted by Gasteiger charge is -2.20. The Morgan fingerprint density at radius 3 is 2.68 bits per heavy atom. The van der Waals surface area contributed by atoms with Gasteiger partial charge in [0.25, 0.3) is 5.91 Å². The lowest BCUT2D eigenvalue weighted by molar-refractivity contribution is -0.114. The van der Waals surface area contributed by atoms with Crippen LogP contribution in [-0.2, 0) is 14.6 Å². The highest BCUT2D eigenvalue weighted by Gasteiger charge is 2.39. The number of amides is 1. The van der Waals surface area contributed by atoms with Crippen LogP contribution in [0.4, 0.5) is 0 Å². The van der Waals surface area contributed by atoms with Crippen molar-refractivity contribution in [2.75, 3.05) is 5.75 Å². The van der Waals surface area contributed by atoms with Gasteiger partial charge < -0.3 is 9.15 Å². The SMILES string of the molecule is CCS(=O)(=O)C1=NN2C(=N)/C(=C\c3ccc(OC(=O)c4ccco4)cc3)C(=O)N=C2S1. The predicted molar refractivity (Wildman–Crippen MR) is 115 cm³/mol. The van der Waals surface area contributed by atoms with E-state index in [-0.39, 0.29) is 38.2 Å². The van der Waals surface area contributed by atoms with Crippen molar-refractivity contribution in [2.24, 2.45) is 10.1 Å². The average Bonchev–Trinajstić information content (AvgIpc) is 3.43. The maximum Gasteiger partial charge on any atom is 0.379 e. The molecule has 4 rings (SSSR count). The van der Waals surface area contributed by atoms with E-state index in [0.29, 0.717) is 5.56 Å². The minimum atomic E-state index is -3.59. The lowest BCUT2D eigenvalue weighted by Crippen LogP contribution is -2.35. The van der Waals surface area contributed by atoms with E-state index in [1.54, 1.807) is 18.2 Å². The van der Waals surface area contributed by atoms with Gasteiger partial charge in [0.1, 0.15) is 5.75 Å². The fraction of sp³-hybridized carbons (Fsp3) is 0.105. The molecule has 1 aromatic heterocycles. The fourth-order valence-corrected chi connectivity index (χ4v) is 4.74. The van der Waals surface area contributed by atoms with Gasteiger partial charge in [-0.15, -0.1) is 5.10 Å². The molecule has 0 saturated carbocycles. The van der Waals surface area contributed by atoms with E-state index < -0.39 is 21.7 Å². The molecule has 2 aliphatic heterocycles. The quantitative estimate of drug-likeness (QED) is 0.418. The monoisotopic (exact) mass is 458 g/mol. The number of rotatable bonds is 4. The lowest BCUT2D eigenvalue weighted by atomic mass is 10.1. The number of amidine groups is 2. The third-order valence-electron chi connectivity index (χ3n) is 4.21. The summed E-state index contributed by atoms with van der Waals surface area (Å²) in [4.78, 5) is 28.2. The predicted octanol–water partition coefficient (Wildman–Crippen LogP) is 2.51. The molecule has 31 heavy (non-hydrogen) atoms. The Kier molecular flexibility index (Phi) is 5.33. The summed E-state index contributed by atoms with van der Waals surface area (Å²) in [6.07, 6.45) is 2.79. The summed E-state index contributed by atoms with van der Waals surface area (Å²) >= 11 is 0.741. The number of carbonyl (C=O) groups is 2. The van der Waals surface area contributed by atoms with Gasteiger partial charge in [-0.25, -0.2) is 13.2 Å². The zero-order valence-electron chi connectivity index (χ0n) is 15.9. The number of sulfone groups is 1. The summed E-state index contributed by atoms with van der Waals surface area (Å²) in [6, 6.07) is 9.27. The number of esters is 1. The Bertz CT molecular complexity index is 1280. The Morgan fingerprint density at radius 2 is 2.03 bits per heavy atom. The molecular formula is C19H14N4O6S2. The summed E-state index contributed by atoms with van der Waals surface area (Å²) in [6.45, 7) is 1.48. The molecule has 158 valence electrons. The molecule has 10 nitrogen and oxygen atoms in total. The number of benzene rings is 1. The van der Waals surface area contributed by atoms with Gasteiger partial charge in [0.15, 0.2) is 5.84 Å². The molecule has 0 fully saturated rings. The van der Waals surface area contributed by atoms with Gasteiger partial charge in [-0.3, -0.25) is 10.2 Å². The molecule has 12 heteroatoms. The topological polar surface area (TPSA) is 142 Å². The van der Waals surface area contributed by atoms with Crippen molar-refractivity contribution in [1.82, 2.24) is 5.01 Å². The van der Waals surface area contributed by atoms with Crippen molar-refractivity contribution in [2.45, 2.75) is 6.92 Å². The number of fused-ring (bicyclic) bond motifs is 1. The summed E-state index contributed by atoms with van der Waals surface area (Å²) in [5.41, 5.74) is 0.491. The van der Waals surface area contributed by atoms with Crippen LogP contribution in [0.2, 0.25) is 0 Å². The van der Waals surface area contributed by atoms with E-state index >= 15 is 0 Å². The second kappa shape index (κ2) is 7.96. The first-order valence-corrected chi connectivity index (χ1v) is 11.3. The molecule has 2 aromatic rings. The van der Waals surface area contributed by atoms with Crippen LogP contribution >= 0.6 is 11.8 Å². The standard InChI is InChI=1S/C19H14N4O6S2/c1-2-31(26,27)19-22-23-15(20)13(16(24)21-18(23)30-19)10-11-5-7-12(8-6-11)29-17(25)14-4-3-9-28-14/h3-10,20H,2H2,1H3/b13-10+,20-15?. The second-order valence-corrected chi connectivity index (χ2v) is 9.63. The maximum atomic E-state index is 12.4. The van der Waals surface area contributed by atoms with E-state index in [9.17, 15) is 18.0 Å². The Hall–Kier alpha value is -3.51. The van der Waals surface area contributed by atoms with Crippen LogP contribution in [0.3, 0.4) is 0 Å². The van der Waals surface area contributed by atoms with Crippen LogP contribution in [0.25, 0.3) is 6.08 Å². The Labute approximate surface area is 180 Å². The highest BCUT2D eigenvalue weighted by Crippen LogP contribution is 2.30. The number of ether oxygens (including phenoxy) is 1. The molecule has 0 unspecified atom stereocenters. The average molecular weight is 458 g/mol. The first-order valence-electron chi connectivity index (χ1n) is 8.87. The third-order valence-corrected chi connectivity index (χ3v) is 7.29. The van der Waals surface area contributed by atoms with Crippen LogP contribution in [0.5, 0.6) is 5.75 Å². The number of thioether (sulfide) groups is 1. The van der Waals surface area contributed by atoms with Gasteiger partial charge in [-0.05, 0) is 47.7 Å². The highest BCUT2D eigenvalue weighted by molar-refractivity contribution is 8.42. The summed E-state index contributed by atoms with van der Waals surface area (Å²) in [7, 11) is -3.59. The normalized spacial score (nSPS) is 17.5. The molecule has 1 amide bonds. The van der Waals surface area contributed by atoms with E-state index in [0.717, 1.165) is 16.8 Å². The zero-order valence-corrected chi connectivity index (χ0v) is 17.6. The molecular weight excluding hydrogens is 444 g/mol. The van der Waals surface area contributed by atoms with Gasteiger partial charge in [-0.1, -0.05) is 19.1 Å². The van der Waals surface area contributed by atoms with Gasteiger partial charge in [0.05, 0.1) is 17.6 Å². The molecule has 0 atom stereocenters. The molecule has 0 aliphatic carbocycles. The Morgan fingerprint density at radius 1 is 1.29 bits per heavy atom. The van der Waals surface area contributed by atoms with E-state index in [1.165, 1.54) is 37.5 Å². The molecule has 2 aliphatic rings. The minimum absolute atomic E-state index is 0.0272. The summed E-state index contributed by atoms with van der Waals surface area (Å²) in [5.74, 6) is -1.43. The number of hydrogen-bond acceptors (Lipinski definition) is 9. The largest absolute Gasteiger partial charge is 0.457 e. The number of furan rings is 1. The number of hydrazone groups is 1. The smallest absolute Gasteiger partial charge is 0.379 e. The van der Waals surface area contributed by atoms with Crippen molar-refractivity contribution in [3.8, 4) is 5.75 Å². The Balaban J connectivity index is 1.55. The number of nitrogens with zero attached hydrogens (tertiary/aromatic N) is 3. The number of nitrogens with one attached hydrogen (secondary N) is 1. The first-order chi connectivity index (χ1) is 14.8. The van der Waals surface area contributed by atoms with Gasteiger partial charge in [0, 0.05) is 0 Å². The first kappa shape index (κ1) is 20.8. The van der Waals surface area contributed by atoms with Crippen molar-refractivity contribution >= 4 is 54.9 Å². The minimum Gasteiger partial charge on any atom is -0.457 e. The summed E-state index contributed by atoms with van der Waals surface area (Å²) < 4.78 is 34.0. The molecule has 0 bridgehead atoms. The van der Waals surface area contributed by atoms with E-state index in [2.05, 4.69) is 10.1 Å². The fourth-order valence-electron chi connectivity index (χ4n) is 2.57. The van der Waals surface area contributed by atoms with Gasteiger partial charge in [0.2, 0.25) is 25.1 Å². The van der Waals surface area contributed by atoms with E-state index in [4.69, 9.17) is 14.6 Å². The molecule has 0 radical (unpaired) electrons.